The molecule has 5 N–H and O–H groups in total. The van der Waals surface area contributed by atoms with Gasteiger partial charge in [-0.3, -0.25) is 4.79 Å². The Morgan fingerprint density at radius 2 is 2.05 bits per heavy atom. The Balaban J connectivity index is 2.62. The van der Waals surface area contributed by atoms with Crippen molar-refractivity contribution in [1.29, 1.82) is 0 Å². The van der Waals surface area contributed by atoms with Crippen LogP contribution in [0.5, 0.6) is 0 Å². The van der Waals surface area contributed by atoms with E-state index in [9.17, 15) is 14.4 Å². The first-order valence-electron chi connectivity index (χ1n) is 5.22. The van der Waals surface area contributed by atoms with Crippen molar-refractivity contribution in [2.45, 2.75) is 12.5 Å². The van der Waals surface area contributed by atoms with E-state index in [1.54, 1.807) is 18.2 Å². The summed E-state index contributed by atoms with van der Waals surface area (Å²) in [5, 5.41) is 13.5. The van der Waals surface area contributed by atoms with Crippen molar-refractivity contribution < 1.29 is 19.5 Å². The van der Waals surface area contributed by atoms with Gasteiger partial charge in [0.2, 0.25) is 5.91 Å². The fraction of sp³-hybridized carbons (Fsp3) is 0.182. The van der Waals surface area contributed by atoms with E-state index in [0.717, 1.165) is 3.57 Å². The minimum Gasteiger partial charge on any atom is -0.480 e. The Labute approximate surface area is 122 Å². The number of rotatable bonds is 5. The van der Waals surface area contributed by atoms with Crippen molar-refractivity contribution in [2.75, 3.05) is 5.32 Å². The van der Waals surface area contributed by atoms with Crippen LogP contribution in [0.2, 0.25) is 0 Å². The summed E-state index contributed by atoms with van der Waals surface area (Å²) in [4.78, 5) is 33.1. The topological polar surface area (TPSA) is 122 Å². The molecule has 0 saturated heterocycles. The molecule has 8 heteroatoms. The lowest BCUT2D eigenvalue weighted by molar-refractivity contribution is -0.140. The number of halogens is 1. The summed E-state index contributed by atoms with van der Waals surface area (Å²) in [7, 11) is 0. The molecule has 0 heterocycles. The second kappa shape index (κ2) is 6.92. The van der Waals surface area contributed by atoms with Gasteiger partial charge in [-0.1, -0.05) is 6.07 Å². The maximum atomic E-state index is 11.6. The van der Waals surface area contributed by atoms with Gasteiger partial charge >= 0.3 is 12.0 Å². The molecular formula is C11H12IN3O4. The first-order chi connectivity index (χ1) is 8.88. The van der Waals surface area contributed by atoms with Gasteiger partial charge in [0.05, 0.1) is 6.42 Å². The molecule has 1 atom stereocenters. The average Bonchev–Trinajstić information content (AvgIpc) is 2.27. The average molecular weight is 377 g/mol. The summed E-state index contributed by atoms with van der Waals surface area (Å²) in [5.41, 5.74) is 5.43. The zero-order valence-corrected chi connectivity index (χ0v) is 11.9. The summed E-state index contributed by atoms with van der Waals surface area (Å²) in [5.74, 6) is -2.13. The molecule has 0 aliphatic carbocycles. The third kappa shape index (κ3) is 5.55. The number of nitrogens with one attached hydrogen (secondary N) is 2. The van der Waals surface area contributed by atoms with Gasteiger partial charge < -0.3 is 21.5 Å². The van der Waals surface area contributed by atoms with E-state index in [-0.39, 0.29) is 0 Å². The van der Waals surface area contributed by atoms with Crippen LogP contribution in [0, 0.1) is 3.57 Å². The van der Waals surface area contributed by atoms with E-state index >= 15 is 0 Å². The third-order valence-electron chi connectivity index (χ3n) is 2.09. The summed E-state index contributed by atoms with van der Waals surface area (Å²) in [6.07, 6.45) is -0.463. The fourth-order valence-electron chi connectivity index (χ4n) is 1.29. The first kappa shape index (κ1) is 15.2. The molecule has 0 aromatic heterocycles. The number of amides is 3. The van der Waals surface area contributed by atoms with Gasteiger partial charge in [-0.05, 0) is 40.8 Å². The van der Waals surface area contributed by atoms with Crippen LogP contribution in [-0.4, -0.2) is 29.1 Å². The first-order valence-corrected chi connectivity index (χ1v) is 6.30. The number of anilines is 1. The molecule has 0 aliphatic rings. The van der Waals surface area contributed by atoms with Crippen LogP contribution >= 0.6 is 22.6 Å². The van der Waals surface area contributed by atoms with Crippen LogP contribution in [0.3, 0.4) is 0 Å². The molecule has 0 saturated carbocycles. The number of benzene rings is 1. The molecule has 0 spiro atoms. The van der Waals surface area contributed by atoms with Crippen molar-refractivity contribution in [3.05, 3.63) is 27.8 Å². The second-order valence-electron chi connectivity index (χ2n) is 3.67. The lowest BCUT2D eigenvalue weighted by Gasteiger charge is -2.13. The van der Waals surface area contributed by atoms with E-state index in [1.807, 2.05) is 6.07 Å². The van der Waals surface area contributed by atoms with Gasteiger partial charge in [0, 0.05) is 9.26 Å². The third-order valence-corrected chi connectivity index (χ3v) is 2.76. The van der Waals surface area contributed by atoms with Crippen LogP contribution < -0.4 is 16.4 Å². The number of carboxylic acids is 1. The van der Waals surface area contributed by atoms with E-state index < -0.39 is 30.4 Å². The van der Waals surface area contributed by atoms with Gasteiger partial charge in [0.1, 0.15) is 6.04 Å². The Morgan fingerprint density at radius 3 is 2.58 bits per heavy atom. The highest BCUT2D eigenvalue weighted by molar-refractivity contribution is 14.1. The van der Waals surface area contributed by atoms with Crippen LogP contribution in [0.25, 0.3) is 0 Å². The number of carboxylic acid groups (broad SMARTS) is 1. The van der Waals surface area contributed by atoms with Crippen molar-refractivity contribution >= 4 is 46.2 Å². The van der Waals surface area contributed by atoms with Crippen LogP contribution in [0.15, 0.2) is 24.3 Å². The maximum Gasteiger partial charge on any atom is 0.326 e. The monoisotopic (exact) mass is 377 g/mol. The van der Waals surface area contributed by atoms with Gasteiger partial charge in [0.25, 0.3) is 0 Å². The standard InChI is InChI=1S/C11H12IN3O4/c12-6-2-1-3-7(4-6)14-11(19)15-8(10(17)18)5-9(13)16/h1-4,8H,5H2,(H2,13,16)(H,17,18)(H2,14,15,19)/t8-/m1/s1. The predicted octanol–water partition coefficient (Wildman–Crippen LogP) is 0.741. The van der Waals surface area contributed by atoms with Crippen LogP contribution in [0.4, 0.5) is 10.5 Å². The quantitative estimate of drug-likeness (QED) is 0.566. The number of carbonyl (C=O) groups is 3. The van der Waals surface area contributed by atoms with E-state index in [2.05, 4.69) is 33.2 Å². The fourth-order valence-corrected chi connectivity index (χ4v) is 1.84. The van der Waals surface area contributed by atoms with E-state index in [0.29, 0.717) is 5.69 Å². The molecule has 0 unspecified atom stereocenters. The highest BCUT2D eigenvalue weighted by Gasteiger charge is 2.22. The Morgan fingerprint density at radius 1 is 1.37 bits per heavy atom. The number of hydrogen-bond acceptors (Lipinski definition) is 3. The lowest BCUT2D eigenvalue weighted by atomic mass is 10.2. The molecule has 0 aliphatic heterocycles. The summed E-state index contributed by atoms with van der Waals surface area (Å²) < 4.78 is 0.919. The molecule has 19 heavy (non-hydrogen) atoms. The molecule has 0 radical (unpaired) electrons. The van der Waals surface area contributed by atoms with Crippen molar-refractivity contribution in [3.63, 3.8) is 0 Å². The molecular weight excluding hydrogens is 365 g/mol. The Kier molecular flexibility index (Phi) is 5.55. The molecule has 0 bridgehead atoms. The van der Waals surface area contributed by atoms with Crippen molar-refractivity contribution in [1.82, 2.24) is 5.32 Å². The number of aliphatic carboxylic acids is 1. The molecule has 3 amide bonds. The molecule has 0 fully saturated rings. The molecule has 1 aromatic rings. The normalized spacial score (nSPS) is 11.4. The highest BCUT2D eigenvalue weighted by atomic mass is 127. The van der Waals surface area contributed by atoms with E-state index in [1.165, 1.54) is 0 Å². The molecule has 102 valence electrons. The van der Waals surface area contributed by atoms with Gasteiger partial charge in [-0.15, -0.1) is 0 Å². The minimum atomic E-state index is -1.35. The maximum absolute atomic E-state index is 11.6. The summed E-state index contributed by atoms with van der Waals surface area (Å²) >= 11 is 2.08. The van der Waals surface area contributed by atoms with Gasteiger partial charge in [0.15, 0.2) is 0 Å². The van der Waals surface area contributed by atoms with E-state index in [4.69, 9.17) is 10.8 Å². The summed E-state index contributed by atoms with van der Waals surface area (Å²) in [6.45, 7) is 0. The van der Waals surface area contributed by atoms with Gasteiger partial charge in [-0.25, -0.2) is 9.59 Å². The molecule has 7 nitrogen and oxygen atoms in total. The zero-order valence-electron chi connectivity index (χ0n) is 9.72. The van der Waals surface area contributed by atoms with Gasteiger partial charge in [-0.2, -0.15) is 0 Å². The Bertz CT molecular complexity index is 506. The molecule has 1 rings (SSSR count). The number of nitrogens with two attached hydrogens (primary N) is 1. The van der Waals surface area contributed by atoms with Crippen molar-refractivity contribution in [3.8, 4) is 0 Å². The minimum absolute atomic E-state index is 0.463. The highest BCUT2D eigenvalue weighted by Crippen LogP contribution is 2.12. The number of hydrogen-bond donors (Lipinski definition) is 4. The number of carbonyl (C=O) groups excluding carboxylic acids is 2. The Hall–Kier alpha value is -1.84. The smallest absolute Gasteiger partial charge is 0.326 e. The second-order valence-corrected chi connectivity index (χ2v) is 4.92. The number of primary amides is 1. The van der Waals surface area contributed by atoms with Crippen LogP contribution in [-0.2, 0) is 9.59 Å². The largest absolute Gasteiger partial charge is 0.480 e. The predicted molar refractivity (Wildman–Crippen MR) is 76.5 cm³/mol. The van der Waals surface area contributed by atoms with Crippen molar-refractivity contribution in [2.24, 2.45) is 5.73 Å². The number of urea groups is 1. The van der Waals surface area contributed by atoms with Crippen LogP contribution in [0.1, 0.15) is 6.42 Å². The lowest BCUT2D eigenvalue weighted by Crippen LogP contribution is -2.45. The SMILES string of the molecule is NC(=O)C[C@@H](NC(=O)Nc1cccc(I)c1)C(=O)O. The molecule has 1 aromatic carbocycles. The zero-order chi connectivity index (χ0) is 14.4. The summed E-state index contributed by atoms with van der Waals surface area (Å²) in [6, 6.07) is 4.90.